The predicted octanol–water partition coefficient (Wildman–Crippen LogP) is 3.99. The van der Waals surface area contributed by atoms with Gasteiger partial charge in [0.05, 0.1) is 5.69 Å². The van der Waals surface area contributed by atoms with Crippen LogP contribution in [-0.2, 0) is 4.79 Å². The van der Waals surface area contributed by atoms with Crippen LogP contribution in [0.3, 0.4) is 0 Å². The molecule has 6 heteroatoms. The number of pyridine rings is 1. The summed E-state index contributed by atoms with van der Waals surface area (Å²) in [4.78, 5) is 21.9. The van der Waals surface area contributed by atoms with Gasteiger partial charge in [0.15, 0.2) is 5.78 Å². The zero-order chi connectivity index (χ0) is 21.8. The number of aromatic nitrogens is 1. The van der Waals surface area contributed by atoms with E-state index in [2.05, 4.69) is 21.8 Å². The summed E-state index contributed by atoms with van der Waals surface area (Å²) in [6, 6.07) is 11.2. The molecule has 1 aromatic carbocycles. The standard InChI is InChI=1S/C25H31N3O3/c1-3-23(29)21(22-8-5-9-25(26-22)31-20-6-4-7-20)16-18-10-11-19(17-24(18)30)28-14-12-27(2)13-15-28/h5,8-11,16-17,20,30H,3-4,6-7,12-15H2,1-2H3. The number of rotatable bonds is 7. The maximum Gasteiger partial charge on any atom is 0.214 e. The molecule has 1 saturated heterocycles. The monoisotopic (exact) mass is 421 g/mol. The van der Waals surface area contributed by atoms with Crippen molar-refractivity contribution in [3.05, 3.63) is 47.7 Å². The number of nitrogens with zero attached hydrogens (tertiary/aromatic N) is 3. The third-order valence-corrected chi connectivity index (χ3v) is 6.14. The van der Waals surface area contributed by atoms with Crippen LogP contribution in [0.1, 0.15) is 43.9 Å². The highest BCUT2D eigenvalue weighted by Gasteiger charge is 2.21. The second-order valence-corrected chi connectivity index (χ2v) is 8.40. The Balaban J connectivity index is 1.60. The van der Waals surface area contributed by atoms with Gasteiger partial charge in [0.2, 0.25) is 5.88 Å². The molecule has 0 bridgehead atoms. The fourth-order valence-electron chi connectivity index (χ4n) is 3.85. The summed E-state index contributed by atoms with van der Waals surface area (Å²) >= 11 is 0. The van der Waals surface area contributed by atoms with Gasteiger partial charge < -0.3 is 19.6 Å². The summed E-state index contributed by atoms with van der Waals surface area (Å²) < 4.78 is 5.91. The number of carbonyl (C=O) groups is 1. The van der Waals surface area contributed by atoms with Crippen LogP contribution in [0.4, 0.5) is 5.69 Å². The van der Waals surface area contributed by atoms with Gasteiger partial charge in [-0.05, 0) is 50.6 Å². The van der Waals surface area contributed by atoms with Crippen LogP contribution >= 0.6 is 0 Å². The van der Waals surface area contributed by atoms with Crippen molar-refractivity contribution in [3.63, 3.8) is 0 Å². The van der Waals surface area contributed by atoms with Gasteiger partial charge in [-0.2, -0.15) is 0 Å². The first kappa shape index (κ1) is 21.4. The molecule has 6 nitrogen and oxygen atoms in total. The van der Waals surface area contributed by atoms with Gasteiger partial charge in [-0.15, -0.1) is 0 Å². The van der Waals surface area contributed by atoms with E-state index in [1.165, 1.54) is 6.42 Å². The van der Waals surface area contributed by atoms with Crippen LogP contribution in [-0.4, -0.2) is 60.1 Å². The molecule has 0 amide bonds. The molecule has 2 aliphatic rings. The lowest BCUT2D eigenvalue weighted by molar-refractivity contribution is -0.113. The van der Waals surface area contributed by atoms with E-state index in [-0.39, 0.29) is 17.6 Å². The molecule has 2 heterocycles. The van der Waals surface area contributed by atoms with Gasteiger partial charge in [0.25, 0.3) is 0 Å². The Kier molecular flexibility index (Phi) is 6.56. The van der Waals surface area contributed by atoms with E-state index in [9.17, 15) is 9.90 Å². The summed E-state index contributed by atoms with van der Waals surface area (Å²) in [7, 11) is 2.12. The zero-order valence-corrected chi connectivity index (χ0v) is 18.4. The van der Waals surface area contributed by atoms with E-state index in [1.54, 1.807) is 12.1 Å². The van der Waals surface area contributed by atoms with Gasteiger partial charge in [0, 0.05) is 61.6 Å². The summed E-state index contributed by atoms with van der Waals surface area (Å²) in [6.07, 6.45) is 5.62. The molecule has 1 aliphatic carbocycles. The summed E-state index contributed by atoms with van der Waals surface area (Å²) in [5.74, 6) is 0.696. The lowest BCUT2D eigenvalue weighted by atomic mass is 9.96. The van der Waals surface area contributed by atoms with Crippen LogP contribution in [0.15, 0.2) is 36.4 Å². The number of ketones is 1. The number of Topliss-reactive ketones (excluding diaryl/α,β-unsaturated/α-hetero) is 1. The number of carbonyl (C=O) groups excluding carboxylic acids is 1. The third kappa shape index (κ3) is 5.07. The normalized spacial score (nSPS) is 18.0. The molecule has 0 atom stereocenters. The summed E-state index contributed by atoms with van der Waals surface area (Å²) in [6.45, 7) is 5.71. The Bertz CT molecular complexity index is 960. The van der Waals surface area contributed by atoms with Crippen LogP contribution in [0.25, 0.3) is 11.6 Å². The molecule has 1 aliphatic heterocycles. The summed E-state index contributed by atoms with van der Waals surface area (Å²) in [5, 5.41) is 10.7. The minimum atomic E-state index is -0.0177. The van der Waals surface area contributed by atoms with Gasteiger partial charge in [-0.25, -0.2) is 4.98 Å². The number of phenols is 1. The van der Waals surface area contributed by atoms with Crippen LogP contribution in [0.2, 0.25) is 0 Å². The molecular formula is C25H31N3O3. The van der Waals surface area contributed by atoms with Crippen LogP contribution < -0.4 is 9.64 Å². The number of allylic oxidation sites excluding steroid dienone is 1. The molecule has 1 N–H and O–H groups in total. The molecule has 31 heavy (non-hydrogen) atoms. The Morgan fingerprint density at radius 1 is 1.19 bits per heavy atom. The molecule has 2 aromatic rings. The lowest BCUT2D eigenvalue weighted by Gasteiger charge is -2.34. The number of piperazine rings is 1. The van der Waals surface area contributed by atoms with Crippen molar-refractivity contribution in [2.75, 3.05) is 38.1 Å². The SMILES string of the molecule is CCC(=O)C(=Cc1ccc(N2CCN(C)CC2)cc1O)c1cccc(OC2CCC2)n1. The van der Waals surface area contributed by atoms with E-state index >= 15 is 0 Å². The van der Waals surface area contributed by atoms with Crippen molar-refractivity contribution in [1.29, 1.82) is 0 Å². The number of phenolic OH excluding ortho intramolecular Hbond substituents is 1. The fraction of sp³-hybridized carbons (Fsp3) is 0.440. The largest absolute Gasteiger partial charge is 0.507 e. The Labute approximate surface area is 184 Å². The molecule has 0 radical (unpaired) electrons. The highest BCUT2D eigenvalue weighted by atomic mass is 16.5. The van der Waals surface area contributed by atoms with E-state index < -0.39 is 0 Å². The second-order valence-electron chi connectivity index (χ2n) is 8.40. The quantitative estimate of drug-likeness (QED) is 0.682. The molecule has 1 aromatic heterocycles. The molecule has 1 saturated carbocycles. The molecule has 0 spiro atoms. The molecule has 2 fully saturated rings. The number of ether oxygens (including phenoxy) is 1. The first-order valence-electron chi connectivity index (χ1n) is 11.2. The maximum absolute atomic E-state index is 12.7. The lowest BCUT2D eigenvalue weighted by Crippen LogP contribution is -2.44. The number of benzene rings is 1. The average Bonchev–Trinajstić information content (AvgIpc) is 2.75. The highest BCUT2D eigenvalue weighted by Crippen LogP contribution is 2.30. The van der Waals surface area contributed by atoms with Crippen molar-refractivity contribution in [2.24, 2.45) is 0 Å². The number of anilines is 1. The van der Waals surface area contributed by atoms with E-state index in [1.807, 2.05) is 37.3 Å². The first-order valence-corrected chi connectivity index (χ1v) is 11.2. The van der Waals surface area contributed by atoms with Gasteiger partial charge >= 0.3 is 0 Å². The molecule has 0 unspecified atom stereocenters. The highest BCUT2D eigenvalue weighted by molar-refractivity contribution is 6.24. The third-order valence-electron chi connectivity index (χ3n) is 6.14. The second kappa shape index (κ2) is 9.52. The van der Waals surface area contributed by atoms with Gasteiger partial charge in [-0.3, -0.25) is 4.79 Å². The van der Waals surface area contributed by atoms with Crippen molar-refractivity contribution < 1.29 is 14.6 Å². The predicted molar refractivity (Wildman–Crippen MR) is 123 cm³/mol. The minimum absolute atomic E-state index is 0.0177. The smallest absolute Gasteiger partial charge is 0.214 e. The molecule has 164 valence electrons. The molecular weight excluding hydrogens is 390 g/mol. The van der Waals surface area contributed by atoms with Crippen molar-refractivity contribution >= 4 is 23.1 Å². The Morgan fingerprint density at radius 2 is 1.97 bits per heavy atom. The van der Waals surface area contributed by atoms with E-state index in [0.717, 1.165) is 44.7 Å². The van der Waals surface area contributed by atoms with E-state index in [0.29, 0.717) is 29.1 Å². The maximum atomic E-state index is 12.7. The average molecular weight is 422 g/mol. The van der Waals surface area contributed by atoms with Crippen LogP contribution in [0.5, 0.6) is 11.6 Å². The van der Waals surface area contributed by atoms with Crippen molar-refractivity contribution in [2.45, 2.75) is 38.7 Å². The molecule has 4 rings (SSSR count). The number of aromatic hydroxyl groups is 1. The minimum Gasteiger partial charge on any atom is -0.507 e. The van der Waals surface area contributed by atoms with Crippen molar-refractivity contribution in [3.8, 4) is 11.6 Å². The zero-order valence-electron chi connectivity index (χ0n) is 18.4. The number of likely N-dealkylation sites (N-methyl/N-ethyl adjacent to an activating group) is 1. The number of hydrogen-bond donors (Lipinski definition) is 1. The van der Waals surface area contributed by atoms with E-state index in [4.69, 9.17) is 4.74 Å². The topological polar surface area (TPSA) is 65.9 Å². The summed E-state index contributed by atoms with van der Waals surface area (Å²) in [5.41, 5.74) is 2.68. The van der Waals surface area contributed by atoms with Crippen molar-refractivity contribution in [1.82, 2.24) is 9.88 Å². The Hall–Kier alpha value is -2.86. The number of hydrogen-bond acceptors (Lipinski definition) is 6. The Morgan fingerprint density at radius 3 is 2.61 bits per heavy atom. The van der Waals surface area contributed by atoms with Gasteiger partial charge in [-0.1, -0.05) is 13.0 Å². The first-order chi connectivity index (χ1) is 15.0. The van der Waals surface area contributed by atoms with Gasteiger partial charge in [0.1, 0.15) is 11.9 Å². The fourth-order valence-corrected chi connectivity index (χ4v) is 3.85. The van der Waals surface area contributed by atoms with Crippen LogP contribution in [0, 0.1) is 0 Å².